The maximum Gasteiger partial charge on any atom is 0.261 e. The van der Waals surface area contributed by atoms with Gasteiger partial charge < -0.3 is 15.0 Å². The third-order valence-corrected chi connectivity index (χ3v) is 4.23. The number of nitrogens with zero attached hydrogens (tertiary/aromatic N) is 1. The molecule has 1 fully saturated rings. The Kier molecular flexibility index (Phi) is 3.82. The second-order valence-corrected chi connectivity index (χ2v) is 5.71. The number of para-hydroxylation sites is 1. The summed E-state index contributed by atoms with van der Waals surface area (Å²) >= 11 is 0. The number of carbonyl (C=O) groups excluding carboxylic acids is 2. The van der Waals surface area contributed by atoms with E-state index in [1.54, 1.807) is 6.92 Å². The highest BCUT2D eigenvalue weighted by molar-refractivity contribution is 5.82. The largest absolute Gasteiger partial charge is 0.480 e. The summed E-state index contributed by atoms with van der Waals surface area (Å²) in [5, 5.41) is 3.05. The van der Waals surface area contributed by atoms with Crippen molar-refractivity contribution in [1.29, 1.82) is 0 Å². The molecule has 5 nitrogen and oxygen atoms in total. The first-order valence-corrected chi connectivity index (χ1v) is 7.44. The van der Waals surface area contributed by atoms with Crippen molar-refractivity contribution >= 4 is 11.8 Å². The number of fused-ring (bicyclic) bond motifs is 1. The van der Waals surface area contributed by atoms with Gasteiger partial charge in [-0.1, -0.05) is 18.2 Å². The third kappa shape index (κ3) is 3.01. The Hall–Kier alpha value is -2.04. The summed E-state index contributed by atoms with van der Waals surface area (Å²) in [7, 11) is 0. The van der Waals surface area contributed by atoms with E-state index in [4.69, 9.17) is 4.74 Å². The molecule has 0 radical (unpaired) electrons. The van der Waals surface area contributed by atoms with E-state index in [9.17, 15) is 9.59 Å². The Morgan fingerprint density at radius 3 is 2.62 bits per heavy atom. The highest BCUT2D eigenvalue weighted by Gasteiger charge is 2.31. The molecule has 1 saturated heterocycles. The lowest BCUT2D eigenvalue weighted by Crippen LogP contribution is -2.49. The van der Waals surface area contributed by atoms with E-state index >= 15 is 0 Å². The molecule has 0 bridgehead atoms. The van der Waals surface area contributed by atoms with Gasteiger partial charge in [0.1, 0.15) is 5.75 Å². The topological polar surface area (TPSA) is 58.6 Å². The fourth-order valence-electron chi connectivity index (χ4n) is 2.96. The molecular weight excluding hydrogens is 268 g/mol. The van der Waals surface area contributed by atoms with Gasteiger partial charge in [-0.25, -0.2) is 0 Å². The zero-order valence-corrected chi connectivity index (χ0v) is 12.2. The molecular formula is C16H20N2O3. The minimum Gasteiger partial charge on any atom is -0.480 e. The molecule has 2 amide bonds. The Morgan fingerprint density at radius 1 is 1.24 bits per heavy atom. The average molecular weight is 288 g/mol. The lowest BCUT2D eigenvalue weighted by molar-refractivity contribution is -0.130. The molecule has 0 spiro atoms. The van der Waals surface area contributed by atoms with E-state index in [1.807, 2.05) is 29.2 Å². The number of ether oxygens (including phenoxy) is 1. The maximum absolute atomic E-state index is 12.3. The lowest BCUT2D eigenvalue weighted by atomic mass is 10.0. The van der Waals surface area contributed by atoms with Crippen molar-refractivity contribution in [3.05, 3.63) is 29.8 Å². The van der Waals surface area contributed by atoms with Crippen LogP contribution in [0.4, 0.5) is 0 Å². The van der Waals surface area contributed by atoms with Gasteiger partial charge in [-0.3, -0.25) is 9.59 Å². The SMILES string of the molecule is CC(=O)N1CCC(NC(=O)C2Cc3ccccc3O2)CC1. The highest BCUT2D eigenvalue weighted by atomic mass is 16.5. The molecule has 3 rings (SSSR count). The molecule has 0 aromatic heterocycles. The molecule has 5 heteroatoms. The van der Waals surface area contributed by atoms with Gasteiger partial charge in [-0.2, -0.15) is 0 Å². The Balaban J connectivity index is 1.51. The summed E-state index contributed by atoms with van der Waals surface area (Å²) in [6, 6.07) is 7.90. The van der Waals surface area contributed by atoms with E-state index < -0.39 is 6.10 Å². The Bertz CT molecular complexity index is 525. The van der Waals surface area contributed by atoms with Crippen LogP contribution in [0.3, 0.4) is 0 Å². The predicted molar refractivity (Wildman–Crippen MR) is 78.0 cm³/mol. The van der Waals surface area contributed by atoms with Crippen LogP contribution in [-0.4, -0.2) is 41.9 Å². The predicted octanol–water partition coefficient (Wildman–Crippen LogP) is 1.12. The Labute approximate surface area is 124 Å². The van der Waals surface area contributed by atoms with Crippen LogP contribution in [0, 0.1) is 0 Å². The van der Waals surface area contributed by atoms with Crippen molar-refractivity contribution in [2.24, 2.45) is 0 Å². The molecule has 112 valence electrons. The van der Waals surface area contributed by atoms with Crippen LogP contribution >= 0.6 is 0 Å². The van der Waals surface area contributed by atoms with Gasteiger partial charge in [0.05, 0.1) is 0 Å². The van der Waals surface area contributed by atoms with Gasteiger partial charge in [-0.15, -0.1) is 0 Å². The molecule has 1 aromatic rings. The summed E-state index contributed by atoms with van der Waals surface area (Å²) in [5.41, 5.74) is 1.09. The second-order valence-electron chi connectivity index (χ2n) is 5.71. The van der Waals surface area contributed by atoms with Crippen molar-refractivity contribution in [3.8, 4) is 5.75 Å². The van der Waals surface area contributed by atoms with Crippen LogP contribution in [0.5, 0.6) is 5.75 Å². The summed E-state index contributed by atoms with van der Waals surface area (Å²) in [5.74, 6) is 0.867. The monoisotopic (exact) mass is 288 g/mol. The first kappa shape index (κ1) is 13.9. The summed E-state index contributed by atoms with van der Waals surface area (Å²) in [6.45, 7) is 3.01. The Morgan fingerprint density at radius 2 is 1.95 bits per heavy atom. The number of carbonyl (C=O) groups is 2. The smallest absolute Gasteiger partial charge is 0.261 e. The maximum atomic E-state index is 12.3. The lowest BCUT2D eigenvalue weighted by Gasteiger charge is -2.32. The van der Waals surface area contributed by atoms with Crippen LogP contribution in [-0.2, 0) is 16.0 Å². The average Bonchev–Trinajstić information content (AvgIpc) is 2.92. The van der Waals surface area contributed by atoms with Crippen molar-refractivity contribution < 1.29 is 14.3 Å². The first-order valence-electron chi connectivity index (χ1n) is 7.44. The standard InChI is InChI=1S/C16H20N2O3/c1-11(19)18-8-6-13(7-9-18)17-16(20)15-10-12-4-2-3-5-14(12)21-15/h2-5,13,15H,6-10H2,1H3,(H,17,20). The number of likely N-dealkylation sites (tertiary alicyclic amines) is 1. The number of rotatable bonds is 2. The normalized spacial score (nSPS) is 21.6. The molecule has 2 aliphatic heterocycles. The number of benzene rings is 1. The zero-order valence-electron chi connectivity index (χ0n) is 12.2. The molecule has 1 atom stereocenters. The fraction of sp³-hybridized carbons (Fsp3) is 0.500. The van der Waals surface area contributed by atoms with Crippen LogP contribution < -0.4 is 10.1 Å². The van der Waals surface area contributed by atoms with Gasteiger partial charge in [-0.05, 0) is 24.5 Å². The van der Waals surface area contributed by atoms with E-state index in [-0.39, 0.29) is 17.9 Å². The molecule has 21 heavy (non-hydrogen) atoms. The van der Waals surface area contributed by atoms with Gasteiger partial charge in [0.15, 0.2) is 6.10 Å². The quantitative estimate of drug-likeness (QED) is 0.887. The first-order chi connectivity index (χ1) is 10.1. The van der Waals surface area contributed by atoms with E-state index in [2.05, 4.69) is 5.32 Å². The molecule has 2 aliphatic rings. The molecule has 0 aliphatic carbocycles. The van der Waals surface area contributed by atoms with E-state index in [0.29, 0.717) is 19.5 Å². The number of amides is 2. The summed E-state index contributed by atoms with van der Waals surface area (Å²) in [6.07, 6.45) is 1.83. The van der Waals surface area contributed by atoms with Crippen molar-refractivity contribution in [2.75, 3.05) is 13.1 Å². The van der Waals surface area contributed by atoms with Crippen molar-refractivity contribution in [1.82, 2.24) is 10.2 Å². The molecule has 0 saturated carbocycles. The van der Waals surface area contributed by atoms with E-state index in [0.717, 1.165) is 24.2 Å². The van der Waals surface area contributed by atoms with Gasteiger partial charge >= 0.3 is 0 Å². The van der Waals surface area contributed by atoms with Gasteiger partial charge in [0, 0.05) is 32.5 Å². The fourth-order valence-corrected chi connectivity index (χ4v) is 2.96. The van der Waals surface area contributed by atoms with Crippen molar-refractivity contribution in [2.45, 2.75) is 38.3 Å². The molecule has 1 unspecified atom stereocenters. The van der Waals surface area contributed by atoms with Crippen molar-refractivity contribution in [3.63, 3.8) is 0 Å². The van der Waals surface area contributed by atoms with Crippen LogP contribution in [0.2, 0.25) is 0 Å². The van der Waals surface area contributed by atoms with Crippen LogP contribution in [0.15, 0.2) is 24.3 Å². The summed E-state index contributed by atoms with van der Waals surface area (Å²) in [4.78, 5) is 25.4. The minimum absolute atomic E-state index is 0.0486. The second kappa shape index (κ2) is 5.76. The van der Waals surface area contributed by atoms with E-state index in [1.165, 1.54) is 0 Å². The van der Waals surface area contributed by atoms with Crippen LogP contribution in [0.25, 0.3) is 0 Å². The highest BCUT2D eigenvalue weighted by Crippen LogP contribution is 2.28. The minimum atomic E-state index is -0.423. The molecule has 1 N–H and O–H groups in total. The number of hydrogen-bond acceptors (Lipinski definition) is 3. The van der Waals surface area contributed by atoms with Gasteiger partial charge in [0.25, 0.3) is 5.91 Å². The number of piperidine rings is 1. The van der Waals surface area contributed by atoms with Crippen LogP contribution in [0.1, 0.15) is 25.3 Å². The molecule has 1 aromatic carbocycles. The van der Waals surface area contributed by atoms with Gasteiger partial charge in [0.2, 0.25) is 5.91 Å². The third-order valence-electron chi connectivity index (χ3n) is 4.23. The zero-order chi connectivity index (χ0) is 14.8. The number of nitrogens with one attached hydrogen (secondary N) is 1. The molecule has 2 heterocycles. The summed E-state index contributed by atoms with van der Waals surface area (Å²) < 4.78 is 5.69. The number of hydrogen-bond donors (Lipinski definition) is 1.